The number of aliphatic hydroxyl groups excluding tert-OH is 2. The SMILES string of the molecule is O=C1CC(S)C(O)=C1O. The van der Waals surface area contributed by atoms with E-state index in [-0.39, 0.29) is 12.2 Å². The van der Waals surface area contributed by atoms with E-state index in [1.165, 1.54) is 0 Å². The standard InChI is InChI=1S/C5H6O3S/c6-2-1-3(9)5(8)4(2)7/h3,7-9H,1H2. The predicted octanol–water partition coefficient (Wildman–Crippen LogP) is 0.585. The summed E-state index contributed by atoms with van der Waals surface area (Å²) < 4.78 is 0. The van der Waals surface area contributed by atoms with Crippen molar-refractivity contribution in [3.8, 4) is 0 Å². The van der Waals surface area contributed by atoms with E-state index in [2.05, 4.69) is 12.6 Å². The number of aliphatic hydroxyl groups is 2. The van der Waals surface area contributed by atoms with E-state index in [9.17, 15) is 4.79 Å². The molecule has 0 radical (unpaired) electrons. The first-order valence-electron chi connectivity index (χ1n) is 2.46. The average Bonchev–Trinajstić information content (AvgIpc) is 1.98. The van der Waals surface area contributed by atoms with Crippen LogP contribution in [0.1, 0.15) is 6.42 Å². The van der Waals surface area contributed by atoms with Gasteiger partial charge in [-0.25, -0.2) is 0 Å². The molecule has 0 saturated heterocycles. The Hall–Kier alpha value is -0.640. The Morgan fingerprint density at radius 1 is 1.56 bits per heavy atom. The Morgan fingerprint density at radius 2 is 2.11 bits per heavy atom. The van der Waals surface area contributed by atoms with Crippen LogP contribution in [-0.2, 0) is 4.79 Å². The van der Waals surface area contributed by atoms with E-state index in [1.807, 2.05) is 0 Å². The number of carbonyl (C=O) groups excluding carboxylic acids is 1. The van der Waals surface area contributed by atoms with Gasteiger partial charge in [0.05, 0.1) is 5.25 Å². The van der Waals surface area contributed by atoms with Crippen molar-refractivity contribution < 1.29 is 15.0 Å². The Bertz CT molecular complexity index is 185. The van der Waals surface area contributed by atoms with Crippen LogP contribution in [0, 0.1) is 0 Å². The zero-order chi connectivity index (χ0) is 7.02. The zero-order valence-corrected chi connectivity index (χ0v) is 5.43. The Labute approximate surface area is 57.4 Å². The van der Waals surface area contributed by atoms with Crippen molar-refractivity contribution >= 4 is 18.4 Å². The number of rotatable bonds is 0. The van der Waals surface area contributed by atoms with Crippen molar-refractivity contribution in [2.45, 2.75) is 11.7 Å². The molecule has 0 bridgehead atoms. The highest BCUT2D eigenvalue weighted by atomic mass is 32.1. The number of hydrogen-bond donors (Lipinski definition) is 3. The van der Waals surface area contributed by atoms with Gasteiger partial charge in [0.1, 0.15) is 0 Å². The molecule has 1 atom stereocenters. The van der Waals surface area contributed by atoms with Gasteiger partial charge in [-0.2, -0.15) is 12.6 Å². The van der Waals surface area contributed by atoms with Gasteiger partial charge in [-0.15, -0.1) is 0 Å². The molecule has 0 fully saturated rings. The summed E-state index contributed by atoms with van der Waals surface area (Å²) in [5, 5.41) is 16.9. The minimum Gasteiger partial charge on any atom is -0.507 e. The molecule has 0 saturated carbocycles. The smallest absolute Gasteiger partial charge is 0.202 e. The molecule has 0 aromatic rings. The van der Waals surface area contributed by atoms with Crippen LogP contribution in [0.4, 0.5) is 0 Å². The summed E-state index contributed by atoms with van der Waals surface area (Å²) in [5.74, 6) is -1.27. The number of carbonyl (C=O) groups is 1. The van der Waals surface area contributed by atoms with Crippen LogP contribution < -0.4 is 0 Å². The Morgan fingerprint density at radius 3 is 2.22 bits per heavy atom. The fourth-order valence-electron chi connectivity index (χ4n) is 0.670. The van der Waals surface area contributed by atoms with Gasteiger partial charge >= 0.3 is 0 Å². The van der Waals surface area contributed by atoms with Crippen molar-refractivity contribution in [1.29, 1.82) is 0 Å². The summed E-state index contributed by atoms with van der Waals surface area (Å²) in [6.07, 6.45) is 0.0980. The van der Waals surface area contributed by atoms with Crippen LogP contribution in [-0.4, -0.2) is 21.2 Å². The van der Waals surface area contributed by atoms with Crippen LogP contribution in [0.2, 0.25) is 0 Å². The van der Waals surface area contributed by atoms with Gasteiger partial charge < -0.3 is 10.2 Å². The molecular weight excluding hydrogens is 140 g/mol. The molecule has 0 heterocycles. The first-order chi connectivity index (χ1) is 4.13. The molecular formula is C5H6O3S. The van der Waals surface area contributed by atoms with Crippen molar-refractivity contribution in [2.75, 3.05) is 0 Å². The monoisotopic (exact) mass is 146 g/mol. The van der Waals surface area contributed by atoms with Crippen molar-refractivity contribution in [3.63, 3.8) is 0 Å². The molecule has 0 spiro atoms. The maximum Gasteiger partial charge on any atom is 0.202 e. The number of allylic oxidation sites excluding steroid dienone is 1. The lowest BCUT2D eigenvalue weighted by atomic mass is 10.3. The largest absolute Gasteiger partial charge is 0.507 e. The highest BCUT2D eigenvalue weighted by Crippen LogP contribution is 2.23. The molecule has 0 aromatic carbocycles. The summed E-state index contributed by atoms with van der Waals surface area (Å²) in [7, 11) is 0. The third kappa shape index (κ3) is 0.896. The Kier molecular flexibility index (Phi) is 1.40. The van der Waals surface area contributed by atoms with E-state index < -0.39 is 16.8 Å². The number of thiol groups is 1. The minimum absolute atomic E-state index is 0.0980. The molecule has 2 N–H and O–H groups in total. The summed E-state index contributed by atoms with van der Waals surface area (Å²) in [4.78, 5) is 10.5. The van der Waals surface area contributed by atoms with Gasteiger partial charge in [-0.1, -0.05) is 0 Å². The third-order valence-corrected chi connectivity index (χ3v) is 1.63. The first kappa shape index (κ1) is 6.48. The van der Waals surface area contributed by atoms with E-state index in [0.29, 0.717) is 0 Å². The summed E-state index contributed by atoms with van der Waals surface area (Å²) in [5.41, 5.74) is 0. The lowest BCUT2D eigenvalue weighted by Gasteiger charge is -1.95. The molecule has 4 heteroatoms. The zero-order valence-electron chi connectivity index (χ0n) is 4.53. The molecule has 0 aromatic heterocycles. The fraction of sp³-hybridized carbons (Fsp3) is 0.400. The van der Waals surface area contributed by atoms with Gasteiger partial charge in [0, 0.05) is 6.42 Å². The van der Waals surface area contributed by atoms with Crippen LogP contribution >= 0.6 is 12.6 Å². The maximum atomic E-state index is 10.5. The van der Waals surface area contributed by atoms with Gasteiger partial charge in [-0.3, -0.25) is 4.79 Å². The van der Waals surface area contributed by atoms with Crippen molar-refractivity contribution in [2.24, 2.45) is 0 Å². The maximum absolute atomic E-state index is 10.5. The molecule has 1 unspecified atom stereocenters. The van der Waals surface area contributed by atoms with Crippen molar-refractivity contribution in [1.82, 2.24) is 0 Å². The van der Waals surface area contributed by atoms with Gasteiger partial charge in [0.15, 0.2) is 11.5 Å². The molecule has 50 valence electrons. The lowest BCUT2D eigenvalue weighted by Crippen LogP contribution is -1.97. The second-order valence-corrected chi connectivity index (χ2v) is 2.50. The van der Waals surface area contributed by atoms with Crippen molar-refractivity contribution in [3.05, 3.63) is 11.5 Å². The van der Waals surface area contributed by atoms with Gasteiger partial charge in [-0.05, 0) is 0 Å². The average molecular weight is 146 g/mol. The second-order valence-electron chi connectivity index (χ2n) is 1.88. The van der Waals surface area contributed by atoms with Gasteiger partial charge in [0.2, 0.25) is 5.78 Å². The number of hydrogen-bond acceptors (Lipinski definition) is 4. The second kappa shape index (κ2) is 1.95. The van der Waals surface area contributed by atoms with Crippen LogP contribution in [0.3, 0.4) is 0 Å². The van der Waals surface area contributed by atoms with Crippen LogP contribution in [0.5, 0.6) is 0 Å². The summed E-state index contributed by atoms with van der Waals surface area (Å²) in [6.45, 7) is 0. The molecule has 1 aliphatic rings. The van der Waals surface area contributed by atoms with E-state index in [1.54, 1.807) is 0 Å². The van der Waals surface area contributed by atoms with E-state index in [0.717, 1.165) is 0 Å². The third-order valence-electron chi connectivity index (χ3n) is 1.20. The topological polar surface area (TPSA) is 57.5 Å². The summed E-state index contributed by atoms with van der Waals surface area (Å²) in [6, 6.07) is 0. The number of ketones is 1. The van der Waals surface area contributed by atoms with Crippen LogP contribution in [0.25, 0.3) is 0 Å². The quantitative estimate of drug-likeness (QED) is 0.438. The molecule has 0 amide bonds. The number of Topliss-reactive ketones (excluding diaryl/α,β-unsaturated/α-hetero) is 1. The highest BCUT2D eigenvalue weighted by Gasteiger charge is 2.29. The predicted molar refractivity (Wildman–Crippen MR) is 34.7 cm³/mol. The summed E-state index contributed by atoms with van der Waals surface area (Å²) >= 11 is 3.82. The van der Waals surface area contributed by atoms with Crippen LogP contribution in [0.15, 0.2) is 11.5 Å². The van der Waals surface area contributed by atoms with E-state index in [4.69, 9.17) is 10.2 Å². The molecule has 3 nitrogen and oxygen atoms in total. The molecule has 9 heavy (non-hydrogen) atoms. The fourth-order valence-corrected chi connectivity index (χ4v) is 0.958. The lowest BCUT2D eigenvalue weighted by molar-refractivity contribution is -0.117. The van der Waals surface area contributed by atoms with Gasteiger partial charge in [0.25, 0.3) is 0 Å². The molecule has 1 rings (SSSR count). The first-order valence-corrected chi connectivity index (χ1v) is 2.98. The Balaban J connectivity index is 2.92. The van der Waals surface area contributed by atoms with E-state index >= 15 is 0 Å². The molecule has 1 aliphatic carbocycles. The normalized spacial score (nSPS) is 27.7. The highest BCUT2D eigenvalue weighted by molar-refractivity contribution is 7.81. The molecule has 0 aliphatic heterocycles. The minimum atomic E-state index is -0.532.